The highest BCUT2D eigenvalue weighted by atomic mass is 32.1. The van der Waals surface area contributed by atoms with E-state index in [1.807, 2.05) is 44.2 Å². The molecule has 1 N–H and O–H groups in total. The first-order chi connectivity index (χ1) is 11.7. The van der Waals surface area contributed by atoms with Crippen LogP contribution in [0, 0.1) is 6.92 Å². The minimum absolute atomic E-state index is 0.233. The molecule has 0 unspecified atom stereocenters. The molecule has 122 valence electrons. The SMILES string of the molecule is CCOc1cccc(C(=O)Nc2nc(-c3ccc(C)cc3)ns2)c1. The van der Waals surface area contributed by atoms with E-state index >= 15 is 0 Å². The molecule has 24 heavy (non-hydrogen) atoms. The normalized spacial score (nSPS) is 10.4. The minimum atomic E-state index is -0.233. The van der Waals surface area contributed by atoms with Gasteiger partial charge in [-0.1, -0.05) is 35.9 Å². The fraction of sp³-hybridized carbons (Fsp3) is 0.167. The number of nitrogens with zero attached hydrogens (tertiary/aromatic N) is 2. The number of carbonyl (C=O) groups is 1. The molecule has 2 aromatic carbocycles. The third-order valence-electron chi connectivity index (χ3n) is 3.36. The van der Waals surface area contributed by atoms with Gasteiger partial charge in [-0.15, -0.1) is 0 Å². The molecule has 0 aliphatic rings. The summed E-state index contributed by atoms with van der Waals surface area (Å²) in [7, 11) is 0. The quantitative estimate of drug-likeness (QED) is 0.758. The van der Waals surface area contributed by atoms with E-state index in [1.165, 1.54) is 5.56 Å². The van der Waals surface area contributed by atoms with Crippen LogP contribution < -0.4 is 10.1 Å². The summed E-state index contributed by atoms with van der Waals surface area (Å²) in [5.74, 6) is 1.05. The summed E-state index contributed by atoms with van der Waals surface area (Å²) in [4.78, 5) is 16.7. The minimum Gasteiger partial charge on any atom is -0.494 e. The van der Waals surface area contributed by atoms with E-state index in [1.54, 1.807) is 18.2 Å². The summed E-state index contributed by atoms with van der Waals surface area (Å²) in [5.41, 5.74) is 2.63. The zero-order valence-corrected chi connectivity index (χ0v) is 14.3. The highest BCUT2D eigenvalue weighted by molar-refractivity contribution is 7.10. The van der Waals surface area contributed by atoms with Gasteiger partial charge in [0.05, 0.1) is 6.61 Å². The van der Waals surface area contributed by atoms with Crippen LogP contribution in [0.15, 0.2) is 48.5 Å². The smallest absolute Gasteiger partial charge is 0.257 e. The molecule has 0 aliphatic heterocycles. The van der Waals surface area contributed by atoms with Crippen LogP contribution in [0.4, 0.5) is 5.13 Å². The number of hydrogen-bond acceptors (Lipinski definition) is 5. The maximum absolute atomic E-state index is 12.3. The second kappa shape index (κ2) is 7.23. The van der Waals surface area contributed by atoms with Gasteiger partial charge < -0.3 is 4.74 Å². The molecule has 0 spiro atoms. The number of aryl methyl sites for hydroxylation is 1. The van der Waals surface area contributed by atoms with E-state index in [4.69, 9.17) is 4.74 Å². The Labute approximate surface area is 144 Å². The van der Waals surface area contributed by atoms with Crippen molar-refractivity contribution >= 4 is 22.6 Å². The Kier molecular flexibility index (Phi) is 4.86. The van der Waals surface area contributed by atoms with Crippen molar-refractivity contribution < 1.29 is 9.53 Å². The van der Waals surface area contributed by atoms with Crippen LogP contribution in [0.5, 0.6) is 5.75 Å². The number of hydrogen-bond donors (Lipinski definition) is 1. The molecule has 0 aliphatic carbocycles. The van der Waals surface area contributed by atoms with Crippen molar-refractivity contribution in [2.75, 3.05) is 11.9 Å². The molecular formula is C18H17N3O2S. The largest absolute Gasteiger partial charge is 0.494 e. The van der Waals surface area contributed by atoms with E-state index in [0.717, 1.165) is 17.1 Å². The van der Waals surface area contributed by atoms with E-state index in [2.05, 4.69) is 14.7 Å². The fourth-order valence-electron chi connectivity index (χ4n) is 2.16. The van der Waals surface area contributed by atoms with Gasteiger partial charge in [0.15, 0.2) is 5.82 Å². The zero-order chi connectivity index (χ0) is 16.9. The molecule has 6 heteroatoms. The molecule has 0 saturated heterocycles. The molecular weight excluding hydrogens is 322 g/mol. The number of carbonyl (C=O) groups excluding carboxylic acids is 1. The van der Waals surface area contributed by atoms with Crippen LogP contribution in [0.2, 0.25) is 0 Å². The lowest BCUT2D eigenvalue weighted by Crippen LogP contribution is -2.11. The number of benzene rings is 2. The van der Waals surface area contributed by atoms with E-state index in [-0.39, 0.29) is 5.91 Å². The molecule has 1 heterocycles. The lowest BCUT2D eigenvalue weighted by molar-refractivity contribution is 0.102. The first-order valence-corrected chi connectivity index (χ1v) is 8.38. The number of aromatic nitrogens is 2. The summed E-state index contributed by atoms with van der Waals surface area (Å²) in [6.07, 6.45) is 0. The second-order valence-corrected chi connectivity index (χ2v) is 5.96. The molecule has 3 rings (SSSR count). The summed E-state index contributed by atoms with van der Waals surface area (Å²) in [6, 6.07) is 15.0. The van der Waals surface area contributed by atoms with Crippen LogP contribution >= 0.6 is 11.5 Å². The van der Waals surface area contributed by atoms with Gasteiger partial charge in [-0.3, -0.25) is 10.1 Å². The predicted octanol–water partition coefficient (Wildman–Crippen LogP) is 4.16. The monoisotopic (exact) mass is 339 g/mol. The van der Waals surface area contributed by atoms with Crippen molar-refractivity contribution in [1.82, 2.24) is 9.36 Å². The number of amides is 1. The van der Waals surface area contributed by atoms with Crippen molar-refractivity contribution in [3.05, 3.63) is 59.7 Å². The van der Waals surface area contributed by atoms with Crippen molar-refractivity contribution in [2.24, 2.45) is 0 Å². The van der Waals surface area contributed by atoms with Crippen LogP contribution in [-0.4, -0.2) is 21.9 Å². The molecule has 5 nitrogen and oxygen atoms in total. The van der Waals surface area contributed by atoms with Crippen LogP contribution in [0.25, 0.3) is 11.4 Å². The number of ether oxygens (including phenoxy) is 1. The molecule has 0 atom stereocenters. The van der Waals surface area contributed by atoms with Crippen molar-refractivity contribution in [3.63, 3.8) is 0 Å². The highest BCUT2D eigenvalue weighted by Crippen LogP contribution is 2.22. The lowest BCUT2D eigenvalue weighted by Gasteiger charge is -2.05. The standard InChI is InChI=1S/C18H17N3O2S/c1-3-23-15-6-4-5-14(11-15)17(22)20-18-19-16(21-24-18)13-9-7-12(2)8-10-13/h4-11H,3H2,1-2H3,(H,19,20,21,22). The fourth-order valence-corrected chi connectivity index (χ4v) is 2.74. The highest BCUT2D eigenvalue weighted by Gasteiger charge is 2.12. The maximum Gasteiger partial charge on any atom is 0.257 e. The lowest BCUT2D eigenvalue weighted by atomic mass is 10.1. The summed E-state index contributed by atoms with van der Waals surface area (Å²) < 4.78 is 9.71. The number of anilines is 1. The summed E-state index contributed by atoms with van der Waals surface area (Å²) in [5, 5.41) is 3.25. The van der Waals surface area contributed by atoms with Gasteiger partial charge in [-0.2, -0.15) is 9.36 Å². The Morgan fingerprint density at radius 1 is 1.21 bits per heavy atom. The Hall–Kier alpha value is -2.73. The van der Waals surface area contributed by atoms with E-state index in [0.29, 0.717) is 28.9 Å². The first kappa shape index (κ1) is 16.1. The average molecular weight is 339 g/mol. The third-order valence-corrected chi connectivity index (χ3v) is 3.99. The Balaban J connectivity index is 1.73. The van der Waals surface area contributed by atoms with Gasteiger partial charge in [-0.25, -0.2) is 0 Å². The van der Waals surface area contributed by atoms with Crippen molar-refractivity contribution in [2.45, 2.75) is 13.8 Å². The molecule has 0 bridgehead atoms. The van der Waals surface area contributed by atoms with Gasteiger partial charge in [-0.05, 0) is 32.0 Å². The zero-order valence-electron chi connectivity index (χ0n) is 13.4. The second-order valence-electron chi connectivity index (χ2n) is 5.20. The van der Waals surface area contributed by atoms with Gasteiger partial charge in [0, 0.05) is 22.7 Å². The van der Waals surface area contributed by atoms with Gasteiger partial charge in [0.2, 0.25) is 5.13 Å². The number of rotatable bonds is 5. The number of nitrogens with one attached hydrogen (secondary N) is 1. The Bertz CT molecular complexity index is 843. The van der Waals surface area contributed by atoms with Gasteiger partial charge in [0.1, 0.15) is 5.75 Å². The Morgan fingerprint density at radius 3 is 2.75 bits per heavy atom. The molecule has 1 aromatic heterocycles. The van der Waals surface area contributed by atoms with E-state index < -0.39 is 0 Å². The molecule has 0 fully saturated rings. The molecule has 0 saturated carbocycles. The van der Waals surface area contributed by atoms with Crippen molar-refractivity contribution in [3.8, 4) is 17.1 Å². The van der Waals surface area contributed by atoms with Gasteiger partial charge in [0.25, 0.3) is 5.91 Å². The molecule has 0 radical (unpaired) electrons. The summed E-state index contributed by atoms with van der Waals surface area (Å²) >= 11 is 1.16. The van der Waals surface area contributed by atoms with Crippen LogP contribution in [0.1, 0.15) is 22.8 Å². The van der Waals surface area contributed by atoms with Crippen LogP contribution in [-0.2, 0) is 0 Å². The maximum atomic E-state index is 12.3. The van der Waals surface area contributed by atoms with Crippen molar-refractivity contribution in [1.29, 1.82) is 0 Å². The first-order valence-electron chi connectivity index (χ1n) is 7.60. The van der Waals surface area contributed by atoms with Crippen LogP contribution in [0.3, 0.4) is 0 Å². The van der Waals surface area contributed by atoms with E-state index in [9.17, 15) is 4.79 Å². The molecule has 3 aromatic rings. The predicted molar refractivity (Wildman–Crippen MR) is 95.6 cm³/mol. The van der Waals surface area contributed by atoms with Gasteiger partial charge >= 0.3 is 0 Å². The average Bonchev–Trinajstić information content (AvgIpc) is 3.04. The topological polar surface area (TPSA) is 64.1 Å². The third kappa shape index (κ3) is 3.78. The summed E-state index contributed by atoms with van der Waals surface area (Å²) in [6.45, 7) is 4.49. The Morgan fingerprint density at radius 2 is 2.00 bits per heavy atom. The molecule has 1 amide bonds.